The van der Waals surface area contributed by atoms with Crippen LogP contribution in [-0.2, 0) is 14.2 Å². The molecule has 240 valence electrons. The molecule has 0 bridgehead atoms. The van der Waals surface area contributed by atoms with Crippen molar-refractivity contribution in [2.75, 3.05) is 13.7 Å². The zero-order valence-corrected chi connectivity index (χ0v) is 23.3. The quantitative estimate of drug-likeness (QED) is 0.137. The molecule has 10 atom stereocenters. The lowest BCUT2D eigenvalue weighted by Gasteiger charge is -2.45. The number of rotatable bonds is 7. The van der Waals surface area contributed by atoms with E-state index in [1.54, 1.807) is 0 Å². The van der Waals surface area contributed by atoms with Gasteiger partial charge >= 0.3 is 0 Å². The molecule has 3 aromatic rings. The van der Waals surface area contributed by atoms with E-state index in [1.165, 1.54) is 26.2 Å². The van der Waals surface area contributed by atoms with Crippen molar-refractivity contribution in [2.45, 2.75) is 68.3 Å². The number of fused-ring (bicyclic) bond motifs is 1. The Balaban J connectivity index is 1.63. The van der Waals surface area contributed by atoms with Crippen LogP contribution in [-0.4, -0.2) is 121 Å². The molecule has 0 spiro atoms. The van der Waals surface area contributed by atoms with Gasteiger partial charge in [-0.2, -0.15) is 0 Å². The van der Waals surface area contributed by atoms with Gasteiger partial charge in [-0.3, -0.25) is 4.79 Å². The number of aliphatic hydroxyl groups is 6. The Morgan fingerprint density at radius 1 is 0.818 bits per heavy atom. The van der Waals surface area contributed by atoms with Crippen molar-refractivity contribution in [1.82, 2.24) is 0 Å². The maximum absolute atomic E-state index is 13.9. The van der Waals surface area contributed by atoms with Gasteiger partial charge < -0.3 is 74.1 Å². The fraction of sp³-hybridized carbons (Fsp3) is 0.464. The third-order valence-electron chi connectivity index (χ3n) is 7.54. The van der Waals surface area contributed by atoms with E-state index in [0.29, 0.717) is 0 Å². The lowest BCUT2D eigenvalue weighted by atomic mass is 9.97. The molecule has 10 unspecified atom stereocenters. The van der Waals surface area contributed by atoms with Crippen molar-refractivity contribution in [3.8, 4) is 40.1 Å². The summed E-state index contributed by atoms with van der Waals surface area (Å²) in [5.74, 6) is -2.51. The predicted octanol–water partition coefficient (Wildman–Crippen LogP) is -1.38. The zero-order valence-electron chi connectivity index (χ0n) is 23.3. The molecule has 2 aliphatic rings. The Morgan fingerprint density at radius 3 is 2.20 bits per heavy atom. The Labute approximate surface area is 248 Å². The van der Waals surface area contributed by atoms with E-state index in [-0.39, 0.29) is 28.0 Å². The first-order valence-corrected chi connectivity index (χ1v) is 13.4. The molecule has 2 aromatic carbocycles. The van der Waals surface area contributed by atoms with Crippen molar-refractivity contribution >= 4 is 11.0 Å². The topological polar surface area (TPSA) is 258 Å². The van der Waals surface area contributed by atoms with Gasteiger partial charge in [-0.25, -0.2) is 0 Å². The van der Waals surface area contributed by atoms with Crippen LogP contribution in [0, 0.1) is 0 Å². The van der Waals surface area contributed by atoms with Crippen molar-refractivity contribution in [3.05, 3.63) is 40.6 Å². The van der Waals surface area contributed by atoms with Crippen LogP contribution in [0.1, 0.15) is 6.92 Å². The molecule has 5 rings (SSSR count). The molecule has 9 N–H and O–H groups in total. The lowest BCUT2D eigenvalue weighted by molar-refractivity contribution is -0.354. The summed E-state index contributed by atoms with van der Waals surface area (Å²) in [7, 11) is 1.32. The van der Waals surface area contributed by atoms with Crippen LogP contribution in [0.3, 0.4) is 0 Å². The van der Waals surface area contributed by atoms with Crippen LogP contribution in [0.15, 0.2) is 39.5 Å². The highest BCUT2D eigenvalue weighted by Crippen LogP contribution is 2.40. The SMILES string of the molecule is COc1cc(O)c2c(=O)c(OC3OC(CO)C(O)C(O)C3OC3OC(C)C(O)C(O)C3O)c(-c3ccc(O)c(O)c3)oc2c1. The van der Waals surface area contributed by atoms with E-state index in [1.807, 2.05) is 0 Å². The Bertz CT molecular complexity index is 1560. The van der Waals surface area contributed by atoms with Crippen LogP contribution < -0.4 is 14.9 Å². The predicted molar refractivity (Wildman–Crippen MR) is 145 cm³/mol. The number of ether oxygens (including phenoxy) is 5. The van der Waals surface area contributed by atoms with Gasteiger partial charge in [0.2, 0.25) is 17.5 Å². The Hall–Kier alpha value is -3.71. The summed E-state index contributed by atoms with van der Waals surface area (Å²) in [4.78, 5) is 13.9. The summed E-state index contributed by atoms with van der Waals surface area (Å²) in [6.07, 6.45) is -16.5. The maximum atomic E-state index is 13.9. The number of benzene rings is 2. The zero-order chi connectivity index (χ0) is 32.0. The number of aliphatic hydroxyl groups excluding tert-OH is 6. The normalized spacial score (nSPS) is 32.5. The molecule has 44 heavy (non-hydrogen) atoms. The molecule has 0 aliphatic carbocycles. The van der Waals surface area contributed by atoms with Gasteiger partial charge in [-0.1, -0.05) is 0 Å². The van der Waals surface area contributed by atoms with Gasteiger partial charge in [0.1, 0.15) is 59.1 Å². The fourth-order valence-corrected chi connectivity index (χ4v) is 5.03. The first-order valence-electron chi connectivity index (χ1n) is 13.4. The lowest BCUT2D eigenvalue weighted by Crippen LogP contribution is -2.64. The van der Waals surface area contributed by atoms with Crippen LogP contribution in [0.4, 0.5) is 0 Å². The molecule has 0 radical (unpaired) electrons. The van der Waals surface area contributed by atoms with Gasteiger partial charge in [0.25, 0.3) is 0 Å². The summed E-state index contributed by atoms with van der Waals surface area (Å²) in [6, 6.07) is 5.88. The van der Waals surface area contributed by atoms with E-state index in [4.69, 9.17) is 28.1 Å². The van der Waals surface area contributed by atoms with Crippen LogP contribution in [0.2, 0.25) is 0 Å². The first-order chi connectivity index (χ1) is 20.9. The minimum atomic E-state index is -1.90. The second-order valence-electron chi connectivity index (χ2n) is 10.4. The molecule has 2 aliphatic heterocycles. The number of phenols is 3. The van der Waals surface area contributed by atoms with Gasteiger partial charge in [-0.15, -0.1) is 0 Å². The van der Waals surface area contributed by atoms with Gasteiger partial charge in [-0.05, 0) is 25.1 Å². The van der Waals surface area contributed by atoms with Gasteiger partial charge in [0, 0.05) is 17.7 Å². The van der Waals surface area contributed by atoms with E-state index >= 15 is 0 Å². The fourth-order valence-electron chi connectivity index (χ4n) is 5.03. The number of aromatic hydroxyl groups is 3. The molecule has 16 nitrogen and oxygen atoms in total. The van der Waals surface area contributed by atoms with Gasteiger partial charge in [0.15, 0.2) is 29.7 Å². The van der Waals surface area contributed by atoms with Gasteiger partial charge in [0.05, 0.1) is 19.8 Å². The molecular formula is C28H32O16. The summed E-state index contributed by atoms with van der Waals surface area (Å²) in [6.45, 7) is 0.566. The van der Waals surface area contributed by atoms with Crippen molar-refractivity contribution < 1.29 is 74.1 Å². The molecule has 1 aromatic heterocycles. The second-order valence-corrected chi connectivity index (χ2v) is 10.4. The molecule has 16 heteroatoms. The van der Waals surface area contributed by atoms with Crippen molar-refractivity contribution in [3.63, 3.8) is 0 Å². The van der Waals surface area contributed by atoms with Crippen LogP contribution >= 0.6 is 0 Å². The second kappa shape index (κ2) is 12.4. The standard InChI is InChI=1S/C28H32O16/c1-9-18(33)21(36)23(38)27(40-9)44-26-22(37)19(34)16(8-29)42-28(26)43-25-20(35)17-14(32)6-11(39-2)7-15(17)41-24(25)10-3-4-12(30)13(31)5-10/h3-7,9,16,18-19,21-23,26-34,36-38H,8H2,1-2H3. The van der Waals surface area contributed by atoms with E-state index in [2.05, 4.69) is 0 Å². The third-order valence-corrected chi connectivity index (χ3v) is 7.54. The van der Waals surface area contributed by atoms with Crippen LogP contribution in [0.25, 0.3) is 22.3 Å². The Kier molecular flexibility index (Phi) is 8.90. The Morgan fingerprint density at radius 2 is 1.55 bits per heavy atom. The average Bonchev–Trinajstić information content (AvgIpc) is 3.00. The highest BCUT2D eigenvalue weighted by atomic mass is 16.8. The van der Waals surface area contributed by atoms with Crippen LogP contribution in [0.5, 0.6) is 28.7 Å². The molecule has 2 fully saturated rings. The van der Waals surface area contributed by atoms with E-state index < -0.39 is 96.4 Å². The first kappa shape index (κ1) is 31.7. The average molecular weight is 625 g/mol. The maximum Gasteiger partial charge on any atom is 0.239 e. The minimum absolute atomic E-state index is 0.00106. The number of methoxy groups -OCH3 is 1. The minimum Gasteiger partial charge on any atom is -0.507 e. The number of phenolic OH excluding ortho intramolecular Hbond substituents is 3. The van der Waals surface area contributed by atoms with E-state index in [9.17, 15) is 50.8 Å². The highest BCUT2D eigenvalue weighted by molar-refractivity contribution is 5.88. The smallest absolute Gasteiger partial charge is 0.239 e. The van der Waals surface area contributed by atoms with Crippen molar-refractivity contribution in [2.24, 2.45) is 0 Å². The number of hydrogen-bond acceptors (Lipinski definition) is 16. The molecular weight excluding hydrogens is 592 g/mol. The van der Waals surface area contributed by atoms with Crippen molar-refractivity contribution in [1.29, 1.82) is 0 Å². The highest BCUT2D eigenvalue weighted by Gasteiger charge is 2.51. The summed E-state index contributed by atoms with van der Waals surface area (Å²) < 4.78 is 33.7. The third kappa shape index (κ3) is 5.63. The summed E-state index contributed by atoms with van der Waals surface area (Å²) in [5.41, 5.74) is -1.14. The molecule has 2 saturated heterocycles. The molecule has 0 amide bonds. The molecule has 0 saturated carbocycles. The summed E-state index contributed by atoms with van der Waals surface area (Å²) >= 11 is 0. The largest absolute Gasteiger partial charge is 0.507 e. The molecule has 3 heterocycles. The number of hydrogen-bond donors (Lipinski definition) is 9. The monoisotopic (exact) mass is 624 g/mol. The van der Waals surface area contributed by atoms with E-state index in [0.717, 1.165) is 18.2 Å². The summed E-state index contributed by atoms with van der Waals surface area (Å²) in [5, 5.41) is 92.3.